The Morgan fingerprint density at radius 1 is 1.64 bits per heavy atom. The van der Waals surface area contributed by atoms with Crippen LogP contribution in [0.2, 0.25) is 0 Å². The molecule has 2 amide bonds. The van der Waals surface area contributed by atoms with Gasteiger partial charge in [0.2, 0.25) is 11.8 Å². The molecule has 0 radical (unpaired) electrons. The summed E-state index contributed by atoms with van der Waals surface area (Å²) in [5, 5.41) is 2.11. The maximum Gasteiger partial charge on any atom is 0.244 e. The van der Waals surface area contributed by atoms with Gasteiger partial charge in [0, 0.05) is 12.7 Å². The van der Waals surface area contributed by atoms with Crippen molar-refractivity contribution < 1.29 is 9.59 Å². The lowest BCUT2D eigenvalue weighted by atomic mass is 10.3. The molecular weight excluding hydrogens is 164 g/mol. The summed E-state index contributed by atoms with van der Waals surface area (Å²) in [6, 6.07) is -0.589. The Labute approximate surface area is 69.9 Å². The number of imide groups is 1. The van der Waals surface area contributed by atoms with Gasteiger partial charge >= 0.3 is 0 Å². The molecule has 0 rings (SSSR count). The maximum absolute atomic E-state index is 10.9. The van der Waals surface area contributed by atoms with Crippen molar-refractivity contribution >= 4 is 23.6 Å². The zero-order valence-corrected chi connectivity index (χ0v) is 7.40. The minimum Gasteiger partial charge on any atom is -0.319 e. The van der Waals surface area contributed by atoms with Crippen LogP contribution in [0.4, 0.5) is 0 Å². The Morgan fingerprint density at radius 2 is 2.18 bits per heavy atom. The van der Waals surface area contributed by atoms with Crippen LogP contribution in [0.1, 0.15) is 6.92 Å². The van der Waals surface area contributed by atoms with E-state index in [1.165, 1.54) is 18.7 Å². The molecule has 3 N–H and O–H groups in total. The number of amides is 2. The van der Waals surface area contributed by atoms with Gasteiger partial charge in [0.05, 0.1) is 6.04 Å². The van der Waals surface area contributed by atoms with E-state index >= 15 is 0 Å². The lowest BCUT2D eigenvalue weighted by Gasteiger charge is -2.07. The van der Waals surface area contributed by atoms with Crippen molar-refractivity contribution in [2.45, 2.75) is 13.0 Å². The first kappa shape index (κ1) is 10.4. The van der Waals surface area contributed by atoms with Crippen LogP contribution in [0.5, 0.6) is 0 Å². The van der Waals surface area contributed by atoms with Crippen LogP contribution >= 0.6 is 11.8 Å². The molecule has 0 bridgehead atoms. The van der Waals surface area contributed by atoms with Crippen LogP contribution in [-0.4, -0.2) is 29.9 Å². The molecule has 0 aromatic carbocycles. The predicted molar refractivity (Wildman–Crippen MR) is 45.2 cm³/mol. The molecule has 5 heteroatoms. The summed E-state index contributed by atoms with van der Waals surface area (Å²) >= 11 is 1.47. The zero-order valence-electron chi connectivity index (χ0n) is 6.59. The van der Waals surface area contributed by atoms with E-state index in [0.29, 0.717) is 5.75 Å². The van der Waals surface area contributed by atoms with Gasteiger partial charge in [-0.05, 0) is 6.26 Å². The Balaban J connectivity index is 3.73. The molecule has 0 unspecified atom stereocenters. The number of hydrogen-bond acceptors (Lipinski definition) is 4. The number of thioether (sulfide) groups is 1. The van der Waals surface area contributed by atoms with Crippen molar-refractivity contribution in [3.05, 3.63) is 0 Å². The smallest absolute Gasteiger partial charge is 0.244 e. The monoisotopic (exact) mass is 176 g/mol. The van der Waals surface area contributed by atoms with Gasteiger partial charge < -0.3 is 5.73 Å². The quantitative estimate of drug-likeness (QED) is 0.598. The molecule has 0 aliphatic rings. The lowest BCUT2D eigenvalue weighted by Crippen LogP contribution is -2.44. The molecule has 4 nitrogen and oxygen atoms in total. The number of carbonyl (C=O) groups excluding carboxylic acids is 2. The summed E-state index contributed by atoms with van der Waals surface area (Å²) in [6.07, 6.45) is 1.85. The van der Waals surface area contributed by atoms with Crippen molar-refractivity contribution in [2.24, 2.45) is 5.73 Å². The summed E-state index contributed by atoms with van der Waals surface area (Å²) in [4.78, 5) is 21.2. The average Bonchev–Trinajstić information content (AvgIpc) is 1.86. The van der Waals surface area contributed by atoms with Crippen LogP contribution in [0.15, 0.2) is 0 Å². The molecular formula is C6H12N2O2S. The third-order valence-corrected chi connectivity index (χ3v) is 1.67. The van der Waals surface area contributed by atoms with E-state index in [2.05, 4.69) is 5.32 Å². The fourth-order valence-corrected chi connectivity index (χ4v) is 1.03. The van der Waals surface area contributed by atoms with Crippen LogP contribution in [-0.2, 0) is 9.59 Å². The molecule has 0 spiro atoms. The third-order valence-electron chi connectivity index (χ3n) is 0.982. The van der Waals surface area contributed by atoms with Gasteiger partial charge in [-0.25, -0.2) is 0 Å². The second-order valence-corrected chi connectivity index (χ2v) is 3.02. The Morgan fingerprint density at radius 3 is 2.55 bits per heavy atom. The first-order valence-electron chi connectivity index (χ1n) is 3.14. The number of rotatable bonds is 3. The standard InChI is InChI=1S/C6H12N2O2S/c1-4(9)8-6(10)5(7)3-11-2/h5H,3,7H2,1-2H3,(H,8,9,10)/t5-/m0/s1. The summed E-state index contributed by atoms with van der Waals surface area (Å²) in [6.45, 7) is 1.28. The molecule has 11 heavy (non-hydrogen) atoms. The average molecular weight is 176 g/mol. The van der Waals surface area contributed by atoms with E-state index < -0.39 is 11.9 Å². The SMILES string of the molecule is CSC[C@H](N)C(=O)NC(C)=O. The molecule has 0 heterocycles. The molecule has 0 aliphatic carbocycles. The van der Waals surface area contributed by atoms with Crippen LogP contribution in [0.3, 0.4) is 0 Å². The molecule has 0 aliphatic heterocycles. The van der Waals surface area contributed by atoms with Crippen LogP contribution < -0.4 is 11.1 Å². The third kappa shape index (κ3) is 4.80. The van der Waals surface area contributed by atoms with Gasteiger partial charge in [-0.2, -0.15) is 11.8 Å². The predicted octanol–water partition coefficient (Wildman–Crippen LogP) is -0.661. The van der Waals surface area contributed by atoms with Gasteiger partial charge in [-0.3, -0.25) is 14.9 Å². The Bertz CT molecular complexity index is 161. The summed E-state index contributed by atoms with van der Waals surface area (Å²) in [5.74, 6) is -0.252. The molecule has 0 fully saturated rings. The largest absolute Gasteiger partial charge is 0.319 e. The van der Waals surface area contributed by atoms with Crippen LogP contribution in [0.25, 0.3) is 0 Å². The normalized spacial score (nSPS) is 12.3. The second-order valence-electron chi connectivity index (χ2n) is 2.11. The molecule has 0 saturated carbocycles. The van der Waals surface area contributed by atoms with Gasteiger partial charge in [0.1, 0.15) is 0 Å². The molecule has 0 aromatic rings. The van der Waals surface area contributed by atoms with E-state index in [1.807, 2.05) is 6.26 Å². The molecule has 0 saturated heterocycles. The van der Waals surface area contributed by atoms with Crippen LogP contribution in [0, 0.1) is 0 Å². The highest BCUT2D eigenvalue weighted by Crippen LogP contribution is 1.93. The van der Waals surface area contributed by atoms with Gasteiger partial charge in [0.25, 0.3) is 0 Å². The van der Waals surface area contributed by atoms with E-state index in [1.54, 1.807) is 0 Å². The van der Waals surface area contributed by atoms with E-state index in [9.17, 15) is 9.59 Å². The van der Waals surface area contributed by atoms with Gasteiger partial charge in [0.15, 0.2) is 0 Å². The first-order chi connectivity index (χ1) is 5.07. The van der Waals surface area contributed by atoms with Crippen molar-refractivity contribution in [1.29, 1.82) is 0 Å². The molecule has 0 aromatic heterocycles. The first-order valence-corrected chi connectivity index (χ1v) is 4.53. The molecule has 1 atom stereocenters. The van der Waals surface area contributed by atoms with Crippen molar-refractivity contribution in [3.8, 4) is 0 Å². The summed E-state index contributed by atoms with van der Waals surface area (Å²) < 4.78 is 0. The number of nitrogens with one attached hydrogen (secondary N) is 1. The summed E-state index contributed by atoms with van der Waals surface area (Å²) in [5.41, 5.74) is 5.39. The second kappa shape index (κ2) is 5.15. The molecule has 64 valence electrons. The van der Waals surface area contributed by atoms with E-state index in [0.717, 1.165) is 0 Å². The minimum absolute atomic E-state index is 0.369. The highest BCUT2D eigenvalue weighted by Gasteiger charge is 2.12. The topological polar surface area (TPSA) is 72.2 Å². The van der Waals surface area contributed by atoms with E-state index in [-0.39, 0.29) is 5.91 Å². The highest BCUT2D eigenvalue weighted by atomic mass is 32.2. The van der Waals surface area contributed by atoms with Crippen molar-refractivity contribution in [3.63, 3.8) is 0 Å². The van der Waals surface area contributed by atoms with Crippen molar-refractivity contribution in [2.75, 3.05) is 12.0 Å². The number of hydrogen-bond donors (Lipinski definition) is 2. The van der Waals surface area contributed by atoms with Crippen molar-refractivity contribution in [1.82, 2.24) is 5.32 Å². The highest BCUT2D eigenvalue weighted by molar-refractivity contribution is 7.98. The van der Waals surface area contributed by atoms with Gasteiger partial charge in [-0.1, -0.05) is 0 Å². The lowest BCUT2D eigenvalue weighted by molar-refractivity contribution is -0.129. The Kier molecular flexibility index (Phi) is 4.89. The minimum atomic E-state index is -0.589. The fraction of sp³-hybridized carbons (Fsp3) is 0.667. The number of nitrogens with two attached hydrogens (primary N) is 1. The zero-order chi connectivity index (χ0) is 8.85. The fourth-order valence-electron chi connectivity index (χ4n) is 0.521. The van der Waals surface area contributed by atoms with E-state index in [4.69, 9.17) is 5.73 Å². The maximum atomic E-state index is 10.9. The summed E-state index contributed by atoms with van der Waals surface area (Å²) in [7, 11) is 0. The number of carbonyl (C=O) groups is 2. The Hall–Kier alpha value is -0.550. The van der Waals surface area contributed by atoms with Gasteiger partial charge in [-0.15, -0.1) is 0 Å².